The van der Waals surface area contributed by atoms with E-state index in [-0.39, 0.29) is 0 Å². The molecule has 1 heterocycles. The predicted molar refractivity (Wildman–Crippen MR) is 62.1 cm³/mol. The van der Waals surface area contributed by atoms with Gasteiger partial charge in [-0.05, 0) is 31.5 Å². The summed E-state index contributed by atoms with van der Waals surface area (Å²) in [6.07, 6.45) is 1.34. The molecule has 0 saturated carbocycles. The summed E-state index contributed by atoms with van der Waals surface area (Å²) in [6.45, 7) is 5.16. The lowest BCUT2D eigenvalue weighted by atomic mass is 10.2. The Balaban J connectivity index is 2.45. The fourth-order valence-electron chi connectivity index (χ4n) is 1.69. The van der Waals surface area contributed by atoms with Crippen LogP contribution in [0.3, 0.4) is 0 Å². The van der Waals surface area contributed by atoms with E-state index in [1.54, 1.807) is 0 Å². The molecule has 0 spiro atoms. The molecule has 1 unspecified atom stereocenters. The number of hydrogen-bond donors (Lipinski definition) is 1. The molecule has 1 atom stereocenters. The summed E-state index contributed by atoms with van der Waals surface area (Å²) in [4.78, 5) is 0. The minimum absolute atomic E-state index is 0.295. The van der Waals surface area contributed by atoms with Crippen molar-refractivity contribution in [2.45, 2.75) is 26.4 Å². The Kier molecular flexibility index (Phi) is 2.68. The smallest absolute Gasteiger partial charge is 0.145 e. The second-order valence-electron chi connectivity index (χ2n) is 3.74. The SMILES string of the molecule is Cc1cc(Br)cc2c1OC(C)CCN2. The van der Waals surface area contributed by atoms with Crippen molar-refractivity contribution in [1.82, 2.24) is 0 Å². The first-order chi connectivity index (χ1) is 6.66. The monoisotopic (exact) mass is 255 g/mol. The van der Waals surface area contributed by atoms with E-state index in [1.165, 1.54) is 5.56 Å². The van der Waals surface area contributed by atoms with Crippen molar-refractivity contribution >= 4 is 21.6 Å². The van der Waals surface area contributed by atoms with Crippen LogP contribution in [0.1, 0.15) is 18.9 Å². The Bertz CT molecular complexity index is 351. The maximum atomic E-state index is 5.86. The van der Waals surface area contributed by atoms with Gasteiger partial charge in [-0.3, -0.25) is 0 Å². The van der Waals surface area contributed by atoms with Gasteiger partial charge in [0, 0.05) is 17.4 Å². The van der Waals surface area contributed by atoms with Crippen LogP contribution in [0.5, 0.6) is 5.75 Å². The lowest BCUT2D eigenvalue weighted by Gasteiger charge is -2.14. The zero-order valence-electron chi connectivity index (χ0n) is 8.43. The lowest BCUT2D eigenvalue weighted by molar-refractivity contribution is 0.220. The molecule has 0 radical (unpaired) electrons. The first-order valence-corrected chi connectivity index (χ1v) is 5.67. The van der Waals surface area contributed by atoms with Crippen LogP contribution in [-0.4, -0.2) is 12.6 Å². The van der Waals surface area contributed by atoms with Gasteiger partial charge in [-0.25, -0.2) is 0 Å². The molecule has 76 valence electrons. The van der Waals surface area contributed by atoms with Crippen molar-refractivity contribution in [2.24, 2.45) is 0 Å². The van der Waals surface area contributed by atoms with Crippen LogP contribution in [0, 0.1) is 6.92 Å². The second kappa shape index (κ2) is 3.81. The van der Waals surface area contributed by atoms with Gasteiger partial charge in [0.1, 0.15) is 5.75 Å². The first-order valence-electron chi connectivity index (χ1n) is 4.87. The number of rotatable bonds is 0. The van der Waals surface area contributed by atoms with Gasteiger partial charge in [-0.2, -0.15) is 0 Å². The zero-order valence-corrected chi connectivity index (χ0v) is 10.0. The second-order valence-corrected chi connectivity index (χ2v) is 4.66. The molecule has 1 N–H and O–H groups in total. The van der Waals surface area contributed by atoms with E-state index in [4.69, 9.17) is 4.74 Å². The molecule has 0 aliphatic carbocycles. The Morgan fingerprint density at radius 1 is 1.50 bits per heavy atom. The normalized spacial score (nSPS) is 20.4. The van der Waals surface area contributed by atoms with Crippen LogP contribution < -0.4 is 10.1 Å². The van der Waals surface area contributed by atoms with Gasteiger partial charge in [0.15, 0.2) is 0 Å². The summed E-state index contributed by atoms with van der Waals surface area (Å²) in [6, 6.07) is 4.15. The molecule has 0 amide bonds. The van der Waals surface area contributed by atoms with E-state index in [9.17, 15) is 0 Å². The zero-order chi connectivity index (χ0) is 10.1. The van der Waals surface area contributed by atoms with Crippen LogP contribution in [0.4, 0.5) is 5.69 Å². The number of ether oxygens (including phenoxy) is 1. The molecular weight excluding hydrogens is 242 g/mol. The molecule has 1 aliphatic rings. The molecule has 0 saturated heterocycles. The minimum Gasteiger partial charge on any atom is -0.488 e. The summed E-state index contributed by atoms with van der Waals surface area (Å²) in [5, 5.41) is 3.38. The van der Waals surface area contributed by atoms with Crippen molar-refractivity contribution in [3.63, 3.8) is 0 Å². The maximum Gasteiger partial charge on any atom is 0.145 e. The molecule has 0 fully saturated rings. The molecule has 2 nitrogen and oxygen atoms in total. The average molecular weight is 256 g/mol. The molecule has 3 heteroatoms. The molecule has 1 aromatic carbocycles. The predicted octanol–water partition coefficient (Wildman–Crippen LogP) is 3.34. The average Bonchev–Trinajstić information content (AvgIpc) is 2.27. The highest BCUT2D eigenvalue weighted by Crippen LogP contribution is 2.34. The summed E-state index contributed by atoms with van der Waals surface area (Å²) >= 11 is 3.49. The van der Waals surface area contributed by atoms with E-state index in [2.05, 4.69) is 47.2 Å². The van der Waals surface area contributed by atoms with Crippen LogP contribution in [0.15, 0.2) is 16.6 Å². The summed E-state index contributed by atoms with van der Waals surface area (Å²) in [5.74, 6) is 0.998. The summed E-state index contributed by atoms with van der Waals surface area (Å²) < 4.78 is 6.96. The first kappa shape index (κ1) is 9.84. The van der Waals surface area contributed by atoms with E-state index in [1.807, 2.05) is 0 Å². The van der Waals surface area contributed by atoms with Crippen LogP contribution >= 0.6 is 15.9 Å². The van der Waals surface area contributed by atoms with Crippen molar-refractivity contribution in [3.05, 3.63) is 22.2 Å². The molecule has 14 heavy (non-hydrogen) atoms. The number of nitrogens with one attached hydrogen (secondary N) is 1. The van der Waals surface area contributed by atoms with Crippen molar-refractivity contribution in [3.8, 4) is 5.75 Å². The Morgan fingerprint density at radius 3 is 3.07 bits per heavy atom. The lowest BCUT2D eigenvalue weighted by Crippen LogP contribution is -2.12. The van der Waals surface area contributed by atoms with Crippen molar-refractivity contribution in [1.29, 1.82) is 0 Å². The molecular formula is C11H14BrNO. The van der Waals surface area contributed by atoms with E-state index in [0.29, 0.717) is 6.10 Å². The van der Waals surface area contributed by atoms with Gasteiger partial charge >= 0.3 is 0 Å². The third-order valence-corrected chi connectivity index (χ3v) is 2.88. The van der Waals surface area contributed by atoms with E-state index < -0.39 is 0 Å². The van der Waals surface area contributed by atoms with Gasteiger partial charge in [0.2, 0.25) is 0 Å². The molecule has 2 rings (SSSR count). The third-order valence-electron chi connectivity index (χ3n) is 2.42. The number of aryl methyl sites for hydroxylation is 1. The van der Waals surface area contributed by atoms with Crippen LogP contribution in [0.2, 0.25) is 0 Å². The number of halogens is 1. The van der Waals surface area contributed by atoms with E-state index >= 15 is 0 Å². The van der Waals surface area contributed by atoms with Gasteiger partial charge in [-0.1, -0.05) is 15.9 Å². The van der Waals surface area contributed by atoms with Crippen LogP contribution in [0.25, 0.3) is 0 Å². The quantitative estimate of drug-likeness (QED) is 0.768. The van der Waals surface area contributed by atoms with Gasteiger partial charge in [0.25, 0.3) is 0 Å². The van der Waals surface area contributed by atoms with Crippen LogP contribution in [-0.2, 0) is 0 Å². The van der Waals surface area contributed by atoms with Gasteiger partial charge in [0.05, 0.1) is 11.8 Å². The topological polar surface area (TPSA) is 21.3 Å². The van der Waals surface area contributed by atoms with Crippen molar-refractivity contribution < 1.29 is 4.74 Å². The summed E-state index contributed by atoms with van der Waals surface area (Å²) in [7, 11) is 0. The molecule has 1 aliphatic heterocycles. The number of benzene rings is 1. The third kappa shape index (κ3) is 1.87. The highest BCUT2D eigenvalue weighted by atomic mass is 79.9. The van der Waals surface area contributed by atoms with Crippen molar-refractivity contribution in [2.75, 3.05) is 11.9 Å². The fraction of sp³-hybridized carbons (Fsp3) is 0.455. The van der Waals surface area contributed by atoms with Gasteiger partial charge < -0.3 is 10.1 Å². The highest BCUT2D eigenvalue weighted by molar-refractivity contribution is 9.10. The summed E-state index contributed by atoms with van der Waals surface area (Å²) in [5.41, 5.74) is 2.27. The van der Waals surface area contributed by atoms with Gasteiger partial charge in [-0.15, -0.1) is 0 Å². The largest absolute Gasteiger partial charge is 0.488 e. The van der Waals surface area contributed by atoms with E-state index in [0.717, 1.165) is 28.9 Å². The maximum absolute atomic E-state index is 5.86. The number of fused-ring (bicyclic) bond motifs is 1. The molecule has 0 bridgehead atoms. The minimum atomic E-state index is 0.295. The number of anilines is 1. The Morgan fingerprint density at radius 2 is 2.29 bits per heavy atom. The molecule has 0 aromatic heterocycles. The number of hydrogen-bond acceptors (Lipinski definition) is 2. The highest BCUT2D eigenvalue weighted by Gasteiger charge is 2.15. The Labute approximate surface area is 92.8 Å². The standard InChI is InChI=1S/C11H14BrNO/c1-7-5-9(12)6-10-11(7)14-8(2)3-4-13-10/h5-6,8,13H,3-4H2,1-2H3. The fourth-order valence-corrected chi connectivity index (χ4v) is 2.26. The Hall–Kier alpha value is -0.700. The molecule has 1 aromatic rings.